The highest BCUT2D eigenvalue weighted by atomic mass is 16.6. The van der Waals surface area contributed by atoms with E-state index in [0.29, 0.717) is 13.0 Å². The lowest BCUT2D eigenvalue weighted by molar-refractivity contribution is -0.0624. The van der Waals surface area contributed by atoms with Gasteiger partial charge in [0.05, 0.1) is 12.6 Å². The molecule has 0 aromatic heterocycles. The van der Waals surface area contributed by atoms with Gasteiger partial charge in [0.1, 0.15) is 11.3 Å². The first-order chi connectivity index (χ1) is 10.1. The SMILES string of the molecule is CC(C)(C)OC(=O)N1C(Cc2ccc(N)cc2)COC1(C)C. The molecule has 1 fully saturated rings. The van der Waals surface area contributed by atoms with Gasteiger partial charge in [-0.3, -0.25) is 4.90 Å². The van der Waals surface area contributed by atoms with Crippen molar-refractivity contribution in [3.63, 3.8) is 0 Å². The van der Waals surface area contributed by atoms with Gasteiger partial charge in [0, 0.05) is 5.69 Å². The first kappa shape index (κ1) is 16.6. The lowest BCUT2D eigenvalue weighted by atomic mass is 10.0. The van der Waals surface area contributed by atoms with Crippen LogP contribution in [0, 0.1) is 0 Å². The smallest absolute Gasteiger partial charge is 0.412 e. The fourth-order valence-electron chi connectivity index (χ4n) is 2.64. The summed E-state index contributed by atoms with van der Waals surface area (Å²) in [6.45, 7) is 9.87. The summed E-state index contributed by atoms with van der Waals surface area (Å²) in [7, 11) is 0. The van der Waals surface area contributed by atoms with Crippen molar-refractivity contribution in [3.8, 4) is 0 Å². The Kier molecular flexibility index (Phi) is 4.38. The number of hydrogen-bond donors (Lipinski definition) is 1. The molecule has 0 spiro atoms. The number of nitrogen functional groups attached to an aromatic ring is 1. The molecule has 22 heavy (non-hydrogen) atoms. The third-order valence-electron chi connectivity index (χ3n) is 3.62. The van der Waals surface area contributed by atoms with Gasteiger partial charge in [-0.05, 0) is 58.7 Å². The zero-order valence-electron chi connectivity index (χ0n) is 14.1. The van der Waals surface area contributed by atoms with Crippen LogP contribution in [0.5, 0.6) is 0 Å². The molecule has 1 saturated heterocycles. The van der Waals surface area contributed by atoms with E-state index in [1.165, 1.54) is 0 Å². The van der Waals surface area contributed by atoms with Crippen molar-refractivity contribution in [3.05, 3.63) is 29.8 Å². The van der Waals surface area contributed by atoms with Crippen LogP contribution in [0.3, 0.4) is 0 Å². The van der Waals surface area contributed by atoms with Crippen molar-refractivity contribution in [2.75, 3.05) is 12.3 Å². The summed E-state index contributed by atoms with van der Waals surface area (Å²) in [5.74, 6) is 0. The molecule has 0 aliphatic carbocycles. The minimum Gasteiger partial charge on any atom is -0.444 e. The Morgan fingerprint density at radius 3 is 2.50 bits per heavy atom. The van der Waals surface area contributed by atoms with E-state index in [1.54, 1.807) is 4.90 Å². The van der Waals surface area contributed by atoms with E-state index in [0.717, 1.165) is 11.3 Å². The summed E-state index contributed by atoms with van der Waals surface area (Å²) in [4.78, 5) is 14.2. The third-order valence-corrected chi connectivity index (χ3v) is 3.62. The van der Waals surface area contributed by atoms with Crippen LogP contribution in [0.4, 0.5) is 10.5 Å². The maximum absolute atomic E-state index is 12.5. The summed E-state index contributed by atoms with van der Waals surface area (Å²) >= 11 is 0. The summed E-state index contributed by atoms with van der Waals surface area (Å²) in [5, 5.41) is 0. The predicted octanol–water partition coefficient (Wildman–Crippen LogP) is 3.18. The van der Waals surface area contributed by atoms with Crippen LogP contribution in [0.15, 0.2) is 24.3 Å². The molecule has 1 unspecified atom stereocenters. The van der Waals surface area contributed by atoms with E-state index in [9.17, 15) is 4.79 Å². The van der Waals surface area contributed by atoms with Gasteiger partial charge in [-0.25, -0.2) is 4.79 Å². The summed E-state index contributed by atoms with van der Waals surface area (Å²) in [5.41, 5.74) is 6.37. The Bertz CT molecular complexity index is 532. The maximum Gasteiger partial charge on any atom is 0.412 e. The van der Waals surface area contributed by atoms with Crippen LogP contribution in [-0.2, 0) is 15.9 Å². The van der Waals surface area contributed by atoms with Crippen LogP contribution >= 0.6 is 0 Å². The highest BCUT2D eigenvalue weighted by molar-refractivity contribution is 5.69. The molecule has 1 amide bonds. The van der Waals surface area contributed by atoms with Gasteiger partial charge in [0.25, 0.3) is 0 Å². The molecule has 1 heterocycles. The number of benzene rings is 1. The summed E-state index contributed by atoms with van der Waals surface area (Å²) in [6, 6.07) is 7.65. The Morgan fingerprint density at radius 2 is 1.95 bits per heavy atom. The topological polar surface area (TPSA) is 64.8 Å². The minimum absolute atomic E-state index is 0.0477. The van der Waals surface area contributed by atoms with Gasteiger partial charge in [-0.2, -0.15) is 0 Å². The standard InChI is InChI=1S/C17H26N2O3/c1-16(2,3)22-15(20)19-14(11-21-17(19,4)5)10-12-6-8-13(18)9-7-12/h6-9,14H,10-11,18H2,1-5H3. The van der Waals surface area contributed by atoms with E-state index in [2.05, 4.69) is 0 Å². The zero-order valence-corrected chi connectivity index (χ0v) is 14.1. The Morgan fingerprint density at radius 1 is 1.36 bits per heavy atom. The molecule has 5 heteroatoms. The molecule has 0 radical (unpaired) electrons. The van der Waals surface area contributed by atoms with E-state index in [-0.39, 0.29) is 12.1 Å². The number of nitrogens with zero attached hydrogens (tertiary/aromatic N) is 1. The molecular weight excluding hydrogens is 280 g/mol. The average Bonchev–Trinajstić information content (AvgIpc) is 2.65. The Hall–Kier alpha value is -1.75. The number of carbonyl (C=O) groups excluding carboxylic acids is 1. The highest BCUT2D eigenvalue weighted by Gasteiger charge is 2.45. The van der Waals surface area contributed by atoms with E-state index < -0.39 is 11.3 Å². The first-order valence-electron chi connectivity index (χ1n) is 7.59. The summed E-state index contributed by atoms with van der Waals surface area (Å²) in [6.07, 6.45) is 0.374. The zero-order chi connectivity index (χ0) is 16.5. The number of ether oxygens (including phenoxy) is 2. The number of carbonyl (C=O) groups is 1. The number of nitrogens with two attached hydrogens (primary N) is 1. The third kappa shape index (κ3) is 3.91. The predicted molar refractivity (Wildman–Crippen MR) is 86.5 cm³/mol. The molecule has 5 nitrogen and oxygen atoms in total. The van der Waals surface area contributed by atoms with Crippen LogP contribution in [-0.4, -0.2) is 35.0 Å². The van der Waals surface area contributed by atoms with Gasteiger partial charge in [0.15, 0.2) is 0 Å². The molecule has 122 valence electrons. The monoisotopic (exact) mass is 306 g/mol. The molecule has 1 aromatic rings. The van der Waals surface area contributed by atoms with Gasteiger partial charge in [-0.15, -0.1) is 0 Å². The number of rotatable bonds is 2. The van der Waals surface area contributed by atoms with Crippen LogP contribution in [0.1, 0.15) is 40.2 Å². The van der Waals surface area contributed by atoms with Crippen molar-refractivity contribution in [1.82, 2.24) is 4.90 Å². The van der Waals surface area contributed by atoms with Gasteiger partial charge in [-0.1, -0.05) is 12.1 Å². The Balaban J connectivity index is 2.15. The lowest BCUT2D eigenvalue weighted by Crippen LogP contribution is -2.50. The van der Waals surface area contributed by atoms with Gasteiger partial charge < -0.3 is 15.2 Å². The normalized spacial score (nSPS) is 21.0. The quantitative estimate of drug-likeness (QED) is 0.852. The van der Waals surface area contributed by atoms with Crippen LogP contribution < -0.4 is 5.73 Å². The van der Waals surface area contributed by atoms with Crippen molar-refractivity contribution < 1.29 is 14.3 Å². The van der Waals surface area contributed by atoms with Crippen molar-refractivity contribution >= 4 is 11.8 Å². The largest absolute Gasteiger partial charge is 0.444 e. The fourth-order valence-corrected chi connectivity index (χ4v) is 2.64. The number of hydrogen-bond acceptors (Lipinski definition) is 4. The average molecular weight is 306 g/mol. The van der Waals surface area contributed by atoms with Gasteiger partial charge in [0.2, 0.25) is 0 Å². The van der Waals surface area contributed by atoms with E-state index in [4.69, 9.17) is 15.2 Å². The molecular formula is C17H26N2O3. The molecule has 0 saturated carbocycles. The minimum atomic E-state index is -0.666. The Labute approximate surface area is 132 Å². The van der Waals surface area contributed by atoms with Gasteiger partial charge >= 0.3 is 6.09 Å². The van der Waals surface area contributed by atoms with E-state index >= 15 is 0 Å². The number of anilines is 1. The molecule has 0 bridgehead atoms. The van der Waals surface area contributed by atoms with Crippen LogP contribution in [0.25, 0.3) is 0 Å². The molecule has 2 N–H and O–H groups in total. The molecule has 1 aliphatic rings. The molecule has 2 rings (SSSR count). The lowest BCUT2D eigenvalue weighted by Gasteiger charge is -2.35. The van der Waals surface area contributed by atoms with Crippen LogP contribution in [0.2, 0.25) is 0 Å². The van der Waals surface area contributed by atoms with Crippen molar-refractivity contribution in [2.45, 2.75) is 58.4 Å². The second-order valence-electron chi connectivity index (χ2n) is 7.21. The second-order valence-corrected chi connectivity index (χ2v) is 7.21. The highest BCUT2D eigenvalue weighted by Crippen LogP contribution is 2.31. The maximum atomic E-state index is 12.5. The summed E-state index contributed by atoms with van der Waals surface area (Å²) < 4.78 is 11.3. The number of amides is 1. The second kappa shape index (κ2) is 5.80. The van der Waals surface area contributed by atoms with Crippen molar-refractivity contribution in [2.24, 2.45) is 0 Å². The molecule has 1 aromatic carbocycles. The fraction of sp³-hybridized carbons (Fsp3) is 0.588. The first-order valence-corrected chi connectivity index (χ1v) is 7.59. The molecule has 1 aliphatic heterocycles. The molecule has 1 atom stereocenters. The van der Waals surface area contributed by atoms with E-state index in [1.807, 2.05) is 58.9 Å². The van der Waals surface area contributed by atoms with Crippen molar-refractivity contribution in [1.29, 1.82) is 0 Å².